The standard InChI is InChI=1S/C17H11I2N3OS/c1-20-15-10(18)6-9(7-11(15)19)8-14-16(23)22-13-5-3-2-4-12(13)21-17(22)24-14/h2-8,20H,1H3/b14-8-. The van der Waals surface area contributed by atoms with Gasteiger partial charge in [0, 0.05) is 14.2 Å². The van der Waals surface area contributed by atoms with Gasteiger partial charge in [-0.05, 0) is 81.1 Å². The summed E-state index contributed by atoms with van der Waals surface area (Å²) < 4.78 is 4.66. The number of fused-ring (bicyclic) bond motifs is 3. The number of thiazole rings is 1. The van der Waals surface area contributed by atoms with Crippen LogP contribution in [0.25, 0.3) is 22.1 Å². The molecule has 0 saturated heterocycles. The third kappa shape index (κ3) is 2.62. The summed E-state index contributed by atoms with van der Waals surface area (Å²) in [6.07, 6.45) is 1.94. The molecule has 2 heterocycles. The summed E-state index contributed by atoms with van der Waals surface area (Å²) >= 11 is 6.05. The molecule has 4 nitrogen and oxygen atoms in total. The van der Waals surface area contributed by atoms with Crippen molar-refractivity contribution in [1.82, 2.24) is 9.38 Å². The maximum atomic E-state index is 12.8. The smallest absolute Gasteiger partial charge is 0.274 e. The molecule has 0 fully saturated rings. The van der Waals surface area contributed by atoms with E-state index in [1.54, 1.807) is 4.40 Å². The van der Waals surface area contributed by atoms with Gasteiger partial charge in [0.05, 0.1) is 21.3 Å². The fraction of sp³-hybridized carbons (Fsp3) is 0.0588. The largest absolute Gasteiger partial charge is 0.386 e. The molecule has 2 aromatic carbocycles. The van der Waals surface area contributed by atoms with Crippen molar-refractivity contribution in [3.63, 3.8) is 0 Å². The molecule has 24 heavy (non-hydrogen) atoms. The van der Waals surface area contributed by atoms with E-state index in [0.29, 0.717) is 4.53 Å². The number of nitrogens with one attached hydrogen (secondary N) is 1. The van der Waals surface area contributed by atoms with Gasteiger partial charge in [0.1, 0.15) is 0 Å². The molecule has 0 saturated carbocycles. The number of halogens is 2. The Morgan fingerprint density at radius 2 is 1.92 bits per heavy atom. The normalized spacial score (nSPS) is 12.4. The molecule has 0 aliphatic carbocycles. The Morgan fingerprint density at radius 1 is 1.21 bits per heavy atom. The molecule has 4 aromatic rings. The monoisotopic (exact) mass is 559 g/mol. The quantitative estimate of drug-likeness (QED) is 0.382. The van der Waals surface area contributed by atoms with Crippen molar-refractivity contribution >= 4 is 84.3 Å². The van der Waals surface area contributed by atoms with Gasteiger partial charge >= 0.3 is 0 Å². The Balaban J connectivity index is 1.95. The molecule has 0 bridgehead atoms. The second-order valence-electron chi connectivity index (χ2n) is 5.24. The average Bonchev–Trinajstić information content (AvgIpc) is 3.04. The summed E-state index contributed by atoms with van der Waals surface area (Å²) in [6, 6.07) is 11.9. The van der Waals surface area contributed by atoms with Crippen LogP contribution in [0.4, 0.5) is 5.69 Å². The van der Waals surface area contributed by atoms with Crippen LogP contribution in [0.3, 0.4) is 0 Å². The summed E-state index contributed by atoms with van der Waals surface area (Å²) in [7, 11) is 1.91. The molecular weight excluding hydrogens is 548 g/mol. The number of rotatable bonds is 2. The zero-order chi connectivity index (χ0) is 16.8. The van der Waals surface area contributed by atoms with Crippen LogP contribution in [0.1, 0.15) is 5.56 Å². The van der Waals surface area contributed by atoms with Gasteiger partial charge < -0.3 is 5.32 Å². The summed E-state index contributed by atoms with van der Waals surface area (Å²) in [6.45, 7) is 0. The van der Waals surface area contributed by atoms with Crippen molar-refractivity contribution in [3.8, 4) is 0 Å². The van der Waals surface area contributed by atoms with Gasteiger partial charge in [-0.15, -0.1) is 0 Å². The number of nitrogens with zero attached hydrogens (tertiary/aromatic N) is 2. The highest BCUT2D eigenvalue weighted by Gasteiger charge is 2.11. The Kier molecular flexibility index (Phi) is 4.25. The Bertz CT molecular complexity index is 1170. The number of anilines is 1. The predicted octanol–water partition coefficient (Wildman–Crippen LogP) is 3.71. The first-order valence-electron chi connectivity index (χ1n) is 7.17. The molecule has 0 radical (unpaired) electrons. The van der Waals surface area contributed by atoms with Crippen LogP contribution in [0.5, 0.6) is 0 Å². The summed E-state index contributed by atoms with van der Waals surface area (Å²) in [5.74, 6) is 0. The second-order valence-corrected chi connectivity index (χ2v) is 8.58. The lowest BCUT2D eigenvalue weighted by Gasteiger charge is -2.07. The number of benzene rings is 2. The van der Waals surface area contributed by atoms with Crippen LogP contribution >= 0.6 is 56.5 Å². The molecule has 0 aliphatic rings. The zero-order valence-electron chi connectivity index (χ0n) is 12.5. The fourth-order valence-electron chi connectivity index (χ4n) is 2.68. The van der Waals surface area contributed by atoms with E-state index in [1.807, 2.05) is 37.4 Å². The van der Waals surface area contributed by atoms with Crippen LogP contribution in [-0.4, -0.2) is 16.4 Å². The van der Waals surface area contributed by atoms with E-state index >= 15 is 0 Å². The fourth-order valence-corrected chi connectivity index (χ4v) is 6.02. The first kappa shape index (κ1) is 16.3. The molecule has 0 aliphatic heterocycles. The predicted molar refractivity (Wildman–Crippen MR) is 117 cm³/mol. The van der Waals surface area contributed by atoms with Gasteiger partial charge in [0.25, 0.3) is 5.56 Å². The summed E-state index contributed by atoms with van der Waals surface area (Å²) in [4.78, 5) is 18.1. The van der Waals surface area contributed by atoms with Crippen molar-refractivity contribution in [2.45, 2.75) is 0 Å². The maximum Gasteiger partial charge on any atom is 0.274 e. The molecule has 1 N–H and O–H groups in total. The minimum absolute atomic E-state index is 0.00795. The van der Waals surface area contributed by atoms with E-state index in [1.165, 1.54) is 11.3 Å². The van der Waals surface area contributed by atoms with Crippen molar-refractivity contribution in [2.75, 3.05) is 12.4 Å². The first-order chi connectivity index (χ1) is 11.6. The number of imidazole rings is 1. The summed E-state index contributed by atoms with van der Waals surface area (Å²) in [5, 5.41) is 3.20. The van der Waals surface area contributed by atoms with E-state index in [4.69, 9.17) is 0 Å². The number of aromatic nitrogens is 2. The van der Waals surface area contributed by atoms with E-state index in [9.17, 15) is 4.79 Å². The van der Waals surface area contributed by atoms with Crippen LogP contribution in [0.15, 0.2) is 41.2 Å². The Labute approximate surface area is 168 Å². The molecular formula is C17H11I2N3OS. The molecule has 0 unspecified atom stereocenters. The van der Waals surface area contributed by atoms with Crippen molar-refractivity contribution in [2.24, 2.45) is 0 Å². The molecule has 120 valence electrons. The highest BCUT2D eigenvalue weighted by atomic mass is 127. The van der Waals surface area contributed by atoms with E-state index < -0.39 is 0 Å². The van der Waals surface area contributed by atoms with Crippen LogP contribution < -0.4 is 15.4 Å². The zero-order valence-corrected chi connectivity index (χ0v) is 17.6. The van der Waals surface area contributed by atoms with Crippen molar-refractivity contribution in [1.29, 1.82) is 0 Å². The molecule has 0 spiro atoms. The minimum Gasteiger partial charge on any atom is -0.386 e. The minimum atomic E-state index is -0.00795. The highest BCUT2D eigenvalue weighted by Crippen LogP contribution is 2.26. The van der Waals surface area contributed by atoms with E-state index in [2.05, 4.69) is 67.6 Å². The van der Waals surface area contributed by atoms with E-state index in [-0.39, 0.29) is 5.56 Å². The second kappa shape index (κ2) is 6.26. The van der Waals surface area contributed by atoms with Crippen molar-refractivity contribution < 1.29 is 0 Å². The summed E-state index contributed by atoms with van der Waals surface area (Å²) in [5.41, 5.74) is 3.85. The van der Waals surface area contributed by atoms with Gasteiger partial charge in [0.2, 0.25) is 0 Å². The molecule has 7 heteroatoms. The van der Waals surface area contributed by atoms with Crippen LogP contribution in [0.2, 0.25) is 0 Å². The van der Waals surface area contributed by atoms with Crippen LogP contribution in [-0.2, 0) is 0 Å². The van der Waals surface area contributed by atoms with Gasteiger partial charge in [-0.2, -0.15) is 0 Å². The molecule has 4 rings (SSSR count). The highest BCUT2D eigenvalue weighted by molar-refractivity contribution is 14.1. The number of hydrogen-bond acceptors (Lipinski definition) is 4. The third-order valence-corrected chi connectivity index (χ3v) is 6.43. The Hall–Kier alpha value is -1.20. The SMILES string of the molecule is CNc1c(I)cc(/C=c2\sc3nc4ccccc4n3c2=O)cc1I. The third-order valence-electron chi connectivity index (χ3n) is 3.76. The lowest BCUT2D eigenvalue weighted by molar-refractivity contribution is 1.19. The molecule has 0 atom stereocenters. The van der Waals surface area contributed by atoms with Crippen molar-refractivity contribution in [3.05, 3.63) is 64.0 Å². The van der Waals surface area contributed by atoms with Gasteiger partial charge in [-0.1, -0.05) is 23.5 Å². The number of hydrogen-bond donors (Lipinski definition) is 1. The molecule has 2 aromatic heterocycles. The van der Waals surface area contributed by atoms with E-state index in [0.717, 1.165) is 34.4 Å². The lowest BCUT2D eigenvalue weighted by Crippen LogP contribution is -2.22. The topological polar surface area (TPSA) is 46.4 Å². The maximum absolute atomic E-state index is 12.8. The van der Waals surface area contributed by atoms with Crippen LogP contribution in [0, 0.1) is 7.14 Å². The van der Waals surface area contributed by atoms with Gasteiger partial charge in [-0.25, -0.2) is 9.38 Å². The van der Waals surface area contributed by atoms with Gasteiger partial charge in [-0.3, -0.25) is 4.79 Å². The average molecular weight is 559 g/mol. The Morgan fingerprint density at radius 3 is 2.62 bits per heavy atom. The number of para-hydroxylation sites is 2. The van der Waals surface area contributed by atoms with Gasteiger partial charge in [0.15, 0.2) is 4.96 Å². The lowest BCUT2D eigenvalue weighted by atomic mass is 10.2. The first-order valence-corrected chi connectivity index (χ1v) is 10.1. The molecule has 0 amide bonds.